The van der Waals surface area contributed by atoms with E-state index in [1.54, 1.807) is 6.08 Å². The molecule has 0 radical (unpaired) electrons. The first-order chi connectivity index (χ1) is 4.85. The van der Waals surface area contributed by atoms with E-state index in [2.05, 4.69) is 25.8 Å². The summed E-state index contributed by atoms with van der Waals surface area (Å²) in [6.45, 7) is 10.9. The van der Waals surface area contributed by atoms with Crippen molar-refractivity contribution in [1.29, 1.82) is 0 Å². The Kier molecular flexibility index (Phi) is 5.45. The van der Waals surface area contributed by atoms with Crippen LogP contribution in [0.5, 0.6) is 0 Å². The van der Waals surface area contributed by atoms with Gasteiger partial charge in [-0.3, -0.25) is 0 Å². The quantitative estimate of drug-likeness (QED) is 0.400. The van der Waals surface area contributed by atoms with E-state index in [1.165, 1.54) is 0 Å². The minimum Gasteiger partial charge on any atom is -0.102 e. The lowest BCUT2D eigenvalue weighted by Gasteiger charge is -1.99. The van der Waals surface area contributed by atoms with Gasteiger partial charge in [-0.2, -0.15) is 0 Å². The van der Waals surface area contributed by atoms with Crippen LogP contribution in [0.25, 0.3) is 0 Å². The number of rotatable bonds is 5. The molecule has 0 bridgehead atoms. The van der Waals surface area contributed by atoms with Crippen molar-refractivity contribution in [1.82, 2.24) is 0 Å². The Morgan fingerprint density at radius 3 is 2.10 bits per heavy atom. The van der Waals surface area contributed by atoms with E-state index in [0.717, 1.165) is 6.42 Å². The summed E-state index contributed by atoms with van der Waals surface area (Å²) < 4.78 is 0. The van der Waals surface area contributed by atoms with Crippen molar-refractivity contribution < 1.29 is 0 Å². The van der Waals surface area contributed by atoms with Gasteiger partial charge in [-0.05, 0) is 12.3 Å². The molecule has 0 aliphatic rings. The lowest BCUT2D eigenvalue weighted by molar-refractivity contribution is 0.837. The predicted molar refractivity (Wildman–Crippen MR) is 47.8 cm³/mol. The Bertz CT molecular complexity index is 132. The minimum atomic E-state index is 0.399. The lowest BCUT2D eigenvalue weighted by Crippen LogP contribution is -1.85. The highest BCUT2D eigenvalue weighted by molar-refractivity contribution is 5.02. The van der Waals surface area contributed by atoms with Gasteiger partial charge >= 0.3 is 0 Å². The molecule has 0 aromatic heterocycles. The summed E-state index contributed by atoms with van der Waals surface area (Å²) in [4.78, 5) is 0. The molecule has 0 nitrogen and oxygen atoms in total. The van der Waals surface area contributed by atoms with Gasteiger partial charge in [0.05, 0.1) is 0 Å². The van der Waals surface area contributed by atoms with Crippen molar-refractivity contribution in [2.24, 2.45) is 5.92 Å². The molecule has 54 valence electrons. The normalized spacial score (nSPS) is 10.1. The van der Waals surface area contributed by atoms with Crippen molar-refractivity contribution >= 4 is 0 Å². The van der Waals surface area contributed by atoms with E-state index in [-0.39, 0.29) is 0 Å². The van der Waals surface area contributed by atoms with Crippen LogP contribution in [-0.2, 0) is 0 Å². The first-order valence-electron chi connectivity index (χ1n) is 3.37. The molecule has 0 rings (SSSR count). The summed E-state index contributed by atoms with van der Waals surface area (Å²) in [7, 11) is 0. The van der Waals surface area contributed by atoms with Crippen molar-refractivity contribution in [2.75, 3.05) is 0 Å². The van der Waals surface area contributed by atoms with Crippen molar-refractivity contribution in [2.45, 2.75) is 6.42 Å². The predicted octanol–water partition coefficient (Wildman–Crippen LogP) is 3.11. The summed E-state index contributed by atoms with van der Waals surface area (Å²) in [6.07, 6.45) is 10.5. The molecule has 0 aliphatic heterocycles. The van der Waals surface area contributed by atoms with E-state index >= 15 is 0 Å². The third kappa shape index (κ3) is 3.90. The molecule has 0 aromatic rings. The first kappa shape index (κ1) is 8.96. The standard InChI is InChI=1S/C10H14/c1-4-7-8-9-10(5-2)6-3/h4-8,10H,1-3,9H2/b8-7+. The Hall–Kier alpha value is -1.04. The lowest BCUT2D eigenvalue weighted by atomic mass is 10.1. The van der Waals surface area contributed by atoms with Crippen LogP contribution >= 0.6 is 0 Å². The number of hydrogen-bond donors (Lipinski definition) is 0. The molecule has 0 saturated carbocycles. The average Bonchev–Trinajstić information content (AvgIpc) is 1.99. The van der Waals surface area contributed by atoms with Crippen LogP contribution < -0.4 is 0 Å². The smallest absolute Gasteiger partial charge is 0.00242 e. The molecular weight excluding hydrogens is 120 g/mol. The fourth-order valence-electron chi connectivity index (χ4n) is 0.621. The number of hydrogen-bond acceptors (Lipinski definition) is 0. The topological polar surface area (TPSA) is 0 Å². The monoisotopic (exact) mass is 134 g/mol. The third-order valence-electron chi connectivity index (χ3n) is 1.29. The molecule has 0 saturated heterocycles. The van der Waals surface area contributed by atoms with Crippen molar-refractivity contribution in [3.05, 3.63) is 50.1 Å². The summed E-state index contributed by atoms with van der Waals surface area (Å²) >= 11 is 0. The highest BCUT2D eigenvalue weighted by atomic mass is 14.0. The van der Waals surface area contributed by atoms with Crippen molar-refractivity contribution in [3.63, 3.8) is 0 Å². The second kappa shape index (κ2) is 6.09. The highest BCUT2D eigenvalue weighted by Crippen LogP contribution is 2.05. The zero-order valence-corrected chi connectivity index (χ0v) is 6.29. The number of allylic oxidation sites excluding steroid dienone is 5. The van der Waals surface area contributed by atoms with Gasteiger partial charge in [0.15, 0.2) is 0 Å². The van der Waals surface area contributed by atoms with Crippen LogP contribution in [0.1, 0.15) is 6.42 Å². The average molecular weight is 134 g/mol. The summed E-state index contributed by atoms with van der Waals surface area (Å²) in [5.74, 6) is 0.399. The largest absolute Gasteiger partial charge is 0.102 e. The van der Waals surface area contributed by atoms with Crippen LogP contribution in [0, 0.1) is 5.92 Å². The molecular formula is C10H14. The van der Waals surface area contributed by atoms with Crippen LogP contribution in [0.15, 0.2) is 50.1 Å². The molecule has 0 spiro atoms. The fraction of sp³-hybridized carbons (Fsp3) is 0.200. The van der Waals surface area contributed by atoms with Gasteiger partial charge < -0.3 is 0 Å². The first-order valence-corrected chi connectivity index (χ1v) is 3.37. The molecule has 0 atom stereocenters. The van der Waals surface area contributed by atoms with Gasteiger partial charge in [-0.25, -0.2) is 0 Å². The fourth-order valence-corrected chi connectivity index (χ4v) is 0.621. The van der Waals surface area contributed by atoms with Gasteiger partial charge in [-0.15, -0.1) is 13.2 Å². The molecule has 0 fully saturated rings. The Balaban J connectivity index is 3.63. The highest BCUT2D eigenvalue weighted by Gasteiger charge is 1.91. The van der Waals surface area contributed by atoms with Gasteiger partial charge in [0.2, 0.25) is 0 Å². The summed E-state index contributed by atoms with van der Waals surface area (Å²) in [6, 6.07) is 0. The summed E-state index contributed by atoms with van der Waals surface area (Å²) in [5, 5.41) is 0. The summed E-state index contributed by atoms with van der Waals surface area (Å²) in [5.41, 5.74) is 0. The van der Waals surface area contributed by atoms with Crippen LogP contribution in [0.4, 0.5) is 0 Å². The van der Waals surface area contributed by atoms with Gasteiger partial charge in [0.1, 0.15) is 0 Å². The van der Waals surface area contributed by atoms with E-state index in [0.29, 0.717) is 5.92 Å². The van der Waals surface area contributed by atoms with Crippen LogP contribution in [0.3, 0.4) is 0 Å². The molecule has 0 heterocycles. The molecule has 0 unspecified atom stereocenters. The van der Waals surface area contributed by atoms with Gasteiger partial charge in [-0.1, -0.05) is 37.0 Å². The SMILES string of the molecule is C=C/C=C/CC(C=C)C=C. The molecule has 0 aromatic carbocycles. The Labute approximate surface area is 63.3 Å². The second-order valence-corrected chi connectivity index (χ2v) is 2.03. The maximum atomic E-state index is 3.68. The van der Waals surface area contributed by atoms with E-state index in [1.807, 2.05) is 18.2 Å². The molecule has 0 heteroatoms. The van der Waals surface area contributed by atoms with E-state index < -0.39 is 0 Å². The minimum absolute atomic E-state index is 0.399. The van der Waals surface area contributed by atoms with E-state index in [9.17, 15) is 0 Å². The molecule has 0 N–H and O–H groups in total. The molecule has 10 heavy (non-hydrogen) atoms. The maximum Gasteiger partial charge on any atom is -0.00242 e. The molecule has 0 amide bonds. The maximum absolute atomic E-state index is 3.68. The van der Waals surface area contributed by atoms with Crippen LogP contribution in [0.2, 0.25) is 0 Å². The third-order valence-corrected chi connectivity index (χ3v) is 1.29. The van der Waals surface area contributed by atoms with Crippen LogP contribution in [-0.4, -0.2) is 0 Å². The van der Waals surface area contributed by atoms with Gasteiger partial charge in [0.25, 0.3) is 0 Å². The molecule has 0 aliphatic carbocycles. The zero-order chi connectivity index (χ0) is 7.82. The van der Waals surface area contributed by atoms with Crippen molar-refractivity contribution in [3.8, 4) is 0 Å². The second-order valence-electron chi connectivity index (χ2n) is 2.03. The zero-order valence-electron chi connectivity index (χ0n) is 6.29. The van der Waals surface area contributed by atoms with Gasteiger partial charge in [0, 0.05) is 0 Å². The Morgan fingerprint density at radius 1 is 1.10 bits per heavy atom. The Morgan fingerprint density at radius 2 is 1.70 bits per heavy atom. The van der Waals surface area contributed by atoms with E-state index in [4.69, 9.17) is 0 Å².